The van der Waals surface area contributed by atoms with E-state index in [0.29, 0.717) is 11.3 Å². The lowest BCUT2D eigenvalue weighted by Gasteiger charge is -2.30. The van der Waals surface area contributed by atoms with Gasteiger partial charge in [-0.05, 0) is 60.9 Å². The number of anilines is 2. The molecule has 0 aromatic heterocycles. The zero-order valence-electron chi connectivity index (χ0n) is 13.1. The van der Waals surface area contributed by atoms with Crippen LogP contribution in [0, 0.1) is 5.82 Å². The molecule has 1 aliphatic heterocycles. The van der Waals surface area contributed by atoms with Crippen molar-refractivity contribution in [3.05, 3.63) is 59.4 Å². The third-order valence-electron chi connectivity index (χ3n) is 4.04. The van der Waals surface area contributed by atoms with Crippen molar-refractivity contribution in [2.45, 2.75) is 12.8 Å². The van der Waals surface area contributed by atoms with Gasteiger partial charge < -0.3 is 16.0 Å². The molecule has 2 amide bonds. The third-order valence-corrected chi connectivity index (χ3v) is 4.04. The van der Waals surface area contributed by atoms with Gasteiger partial charge in [0.05, 0.1) is 6.54 Å². The van der Waals surface area contributed by atoms with Gasteiger partial charge in [0.25, 0.3) is 0 Å². The van der Waals surface area contributed by atoms with E-state index in [9.17, 15) is 14.0 Å². The zero-order chi connectivity index (χ0) is 17.1. The van der Waals surface area contributed by atoms with E-state index in [1.165, 1.54) is 12.1 Å². The number of carbonyl (C=O) groups excluding carboxylic acids is 2. The highest BCUT2D eigenvalue weighted by molar-refractivity contribution is 5.96. The molecule has 0 fully saturated rings. The van der Waals surface area contributed by atoms with Crippen LogP contribution in [0.3, 0.4) is 0 Å². The summed E-state index contributed by atoms with van der Waals surface area (Å²) >= 11 is 0. The standard InChI is InChI=1S/C18H18FN3O2/c19-14-5-8-16-13(10-14)2-1-9-22(16)11-17(23)21-15-6-3-12(4-7-15)18(20)24/h3-8,10H,1-2,9,11H2,(H2,20,24)(H,21,23). The second-order valence-electron chi connectivity index (χ2n) is 5.79. The average molecular weight is 327 g/mol. The maximum atomic E-state index is 13.3. The molecule has 0 unspecified atom stereocenters. The average Bonchev–Trinajstić information content (AvgIpc) is 2.55. The molecule has 2 aromatic rings. The summed E-state index contributed by atoms with van der Waals surface area (Å²) in [4.78, 5) is 25.2. The van der Waals surface area contributed by atoms with Crippen LogP contribution in [0.15, 0.2) is 42.5 Å². The summed E-state index contributed by atoms with van der Waals surface area (Å²) in [5, 5.41) is 2.79. The molecule has 1 heterocycles. The van der Waals surface area contributed by atoms with Crippen LogP contribution in [0.4, 0.5) is 15.8 Å². The number of hydrogen-bond acceptors (Lipinski definition) is 3. The van der Waals surface area contributed by atoms with Gasteiger partial charge in [-0.1, -0.05) is 0 Å². The minimum absolute atomic E-state index is 0.168. The van der Waals surface area contributed by atoms with Crippen LogP contribution < -0.4 is 16.0 Å². The fourth-order valence-electron chi connectivity index (χ4n) is 2.90. The maximum absolute atomic E-state index is 13.3. The number of rotatable bonds is 4. The number of fused-ring (bicyclic) bond motifs is 1. The molecule has 2 aromatic carbocycles. The van der Waals surface area contributed by atoms with Crippen molar-refractivity contribution >= 4 is 23.2 Å². The van der Waals surface area contributed by atoms with Crippen LogP contribution in [-0.2, 0) is 11.2 Å². The molecule has 0 radical (unpaired) electrons. The van der Waals surface area contributed by atoms with Crippen molar-refractivity contribution < 1.29 is 14.0 Å². The first kappa shape index (κ1) is 16.0. The molecular formula is C18H18FN3O2. The SMILES string of the molecule is NC(=O)c1ccc(NC(=O)CN2CCCc3cc(F)ccc32)cc1. The van der Waals surface area contributed by atoms with Gasteiger partial charge in [-0.2, -0.15) is 0 Å². The number of nitrogens with one attached hydrogen (secondary N) is 1. The van der Waals surface area contributed by atoms with Crippen molar-refractivity contribution in [3.63, 3.8) is 0 Å². The predicted octanol–water partition coefficient (Wildman–Crippen LogP) is 2.32. The van der Waals surface area contributed by atoms with Gasteiger partial charge in [0.15, 0.2) is 0 Å². The molecule has 0 bridgehead atoms. The predicted molar refractivity (Wildman–Crippen MR) is 90.5 cm³/mol. The topological polar surface area (TPSA) is 75.4 Å². The molecule has 24 heavy (non-hydrogen) atoms. The summed E-state index contributed by atoms with van der Waals surface area (Å²) in [6, 6.07) is 11.1. The van der Waals surface area contributed by atoms with Crippen molar-refractivity contribution in [1.29, 1.82) is 0 Å². The van der Waals surface area contributed by atoms with Crippen molar-refractivity contribution in [3.8, 4) is 0 Å². The second kappa shape index (κ2) is 6.70. The van der Waals surface area contributed by atoms with Gasteiger partial charge in [0, 0.05) is 23.5 Å². The normalized spacial score (nSPS) is 13.3. The maximum Gasteiger partial charge on any atom is 0.248 e. The summed E-state index contributed by atoms with van der Waals surface area (Å²) in [6.45, 7) is 0.947. The van der Waals surface area contributed by atoms with Crippen LogP contribution in [0.2, 0.25) is 0 Å². The Morgan fingerprint density at radius 2 is 1.92 bits per heavy atom. The molecule has 6 heteroatoms. The van der Waals surface area contributed by atoms with Crippen molar-refractivity contribution in [1.82, 2.24) is 0 Å². The van der Waals surface area contributed by atoms with Crippen molar-refractivity contribution in [2.24, 2.45) is 5.73 Å². The van der Waals surface area contributed by atoms with Crippen LogP contribution in [0.1, 0.15) is 22.3 Å². The first-order chi connectivity index (χ1) is 11.5. The molecule has 0 aliphatic carbocycles. The first-order valence-corrected chi connectivity index (χ1v) is 7.76. The molecular weight excluding hydrogens is 309 g/mol. The summed E-state index contributed by atoms with van der Waals surface area (Å²) < 4.78 is 13.3. The zero-order valence-corrected chi connectivity index (χ0v) is 13.1. The Kier molecular flexibility index (Phi) is 4.46. The fourth-order valence-corrected chi connectivity index (χ4v) is 2.90. The van der Waals surface area contributed by atoms with Gasteiger partial charge in [-0.25, -0.2) is 4.39 Å². The number of aryl methyl sites for hydroxylation is 1. The second-order valence-corrected chi connectivity index (χ2v) is 5.79. The highest BCUT2D eigenvalue weighted by atomic mass is 19.1. The number of benzene rings is 2. The number of amides is 2. The van der Waals surface area contributed by atoms with Gasteiger partial charge >= 0.3 is 0 Å². The number of halogens is 1. The molecule has 5 nitrogen and oxygen atoms in total. The number of nitrogens with two attached hydrogens (primary N) is 1. The summed E-state index contributed by atoms with van der Waals surface area (Å²) in [6.07, 6.45) is 1.71. The number of nitrogens with zero attached hydrogens (tertiary/aromatic N) is 1. The lowest BCUT2D eigenvalue weighted by Crippen LogP contribution is -2.36. The molecule has 0 saturated heterocycles. The molecule has 0 spiro atoms. The Morgan fingerprint density at radius 1 is 1.17 bits per heavy atom. The van der Waals surface area contributed by atoms with Gasteiger partial charge in [-0.15, -0.1) is 0 Å². The molecule has 3 N–H and O–H groups in total. The van der Waals surface area contributed by atoms with E-state index in [1.807, 2.05) is 4.90 Å². The van der Waals surface area contributed by atoms with Crippen LogP contribution >= 0.6 is 0 Å². The van der Waals surface area contributed by atoms with E-state index in [-0.39, 0.29) is 18.3 Å². The van der Waals surface area contributed by atoms with E-state index in [2.05, 4.69) is 5.32 Å². The minimum Gasteiger partial charge on any atom is -0.366 e. The molecule has 1 aliphatic rings. The first-order valence-electron chi connectivity index (χ1n) is 7.76. The molecule has 0 saturated carbocycles. The van der Waals surface area contributed by atoms with E-state index in [4.69, 9.17) is 5.73 Å². The van der Waals surface area contributed by atoms with E-state index >= 15 is 0 Å². The Hall–Kier alpha value is -2.89. The Balaban J connectivity index is 1.66. The number of hydrogen-bond donors (Lipinski definition) is 2. The van der Waals surface area contributed by atoms with Crippen LogP contribution in [-0.4, -0.2) is 24.9 Å². The van der Waals surface area contributed by atoms with E-state index < -0.39 is 5.91 Å². The van der Waals surface area contributed by atoms with Crippen LogP contribution in [0.5, 0.6) is 0 Å². The summed E-state index contributed by atoms with van der Waals surface area (Å²) in [5.74, 6) is -0.932. The van der Waals surface area contributed by atoms with Crippen LogP contribution in [0.25, 0.3) is 0 Å². The molecule has 124 valence electrons. The monoisotopic (exact) mass is 327 g/mol. The Labute approximate surface area is 139 Å². The van der Waals surface area contributed by atoms with Gasteiger partial charge in [0.1, 0.15) is 5.82 Å². The summed E-state index contributed by atoms with van der Waals surface area (Å²) in [7, 11) is 0. The highest BCUT2D eigenvalue weighted by Crippen LogP contribution is 2.27. The minimum atomic E-state index is -0.509. The summed E-state index contributed by atoms with van der Waals surface area (Å²) in [5.41, 5.74) is 8.01. The highest BCUT2D eigenvalue weighted by Gasteiger charge is 2.19. The van der Waals surface area contributed by atoms with Gasteiger partial charge in [0.2, 0.25) is 11.8 Å². The van der Waals surface area contributed by atoms with E-state index in [0.717, 1.165) is 30.6 Å². The van der Waals surface area contributed by atoms with E-state index in [1.54, 1.807) is 30.3 Å². The largest absolute Gasteiger partial charge is 0.366 e. The quantitative estimate of drug-likeness (QED) is 0.905. The smallest absolute Gasteiger partial charge is 0.248 e. The Morgan fingerprint density at radius 3 is 2.62 bits per heavy atom. The third kappa shape index (κ3) is 3.53. The number of primary amides is 1. The van der Waals surface area contributed by atoms with Gasteiger partial charge in [-0.3, -0.25) is 9.59 Å². The lowest BCUT2D eigenvalue weighted by molar-refractivity contribution is -0.115. The molecule has 3 rings (SSSR count). The Bertz CT molecular complexity index is 774. The fraction of sp³-hybridized carbons (Fsp3) is 0.222. The lowest BCUT2D eigenvalue weighted by atomic mass is 10.0. The van der Waals surface area contributed by atoms with Crippen molar-refractivity contribution in [2.75, 3.05) is 23.3 Å². The number of carbonyl (C=O) groups is 2. The molecule has 0 atom stereocenters.